The number of alkyl halides is 2. The Morgan fingerprint density at radius 3 is 2.16 bits per heavy atom. The number of benzene rings is 2. The van der Waals surface area contributed by atoms with E-state index in [-0.39, 0.29) is 11.3 Å². The molecule has 0 bridgehead atoms. The minimum absolute atomic E-state index is 0.0144. The second-order valence-electron chi connectivity index (χ2n) is 3.87. The van der Waals surface area contributed by atoms with Crippen LogP contribution in [0.5, 0.6) is 5.75 Å². The summed E-state index contributed by atoms with van der Waals surface area (Å²) in [6.07, 6.45) is -1.15. The molecule has 0 spiro atoms. The molecule has 100 valence electrons. The Labute approximate surface area is 108 Å². The van der Waals surface area contributed by atoms with E-state index in [9.17, 15) is 18.3 Å². The van der Waals surface area contributed by atoms with Gasteiger partial charge in [-0.2, -0.15) is 8.78 Å². The first-order chi connectivity index (χ1) is 9.08. The number of hydrogen-bond acceptors (Lipinski definition) is 2. The molecule has 2 rings (SSSR count). The van der Waals surface area contributed by atoms with Crippen LogP contribution in [0.3, 0.4) is 0 Å². The van der Waals surface area contributed by atoms with Crippen LogP contribution in [0.1, 0.15) is 17.2 Å². The monoisotopic (exact) mass is 268 g/mol. The highest BCUT2D eigenvalue weighted by Gasteiger charge is 2.14. The molecule has 0 heterocycles. The van der Waals surface area contributed by atoms with Crippen LogP contribution in [0.25, 0.3) is 0 Å². The molecule has 2 nitrogen and oxygen atoms in total. The molecule has 1 atom stereocenters. The molecule has 0 fully saturated rings. The summed E-state index contributed by atoms with van der Waals surface area (Å²) in [4.78, 5) is 0. The van der Waals surface area contributed by atoms with Crippen LogP contribution in [0.2, 0.25) is 0 Å². The zero-order valence-electron chi connectivity index (χ0n) is 9.76. The predicted molar refractivity (Wildman–Crippen MR) is 63.5 cm³/mol. The Bertz CT molecular complexity index is 541. The lowest BCUT2D eigenvalue weighted by Crippen LogP contribution is -2.04. The maximum absolute atomic E-state index is 13.5. The lowest BCUT2D eigenvalue weighted by molar-refractivity contribution is -0.0498. The molecule has 5 heteroatoms. The third-order valence-electron chi connectivity index (χ3n) is 2.62. The third-order valence-corrected chi connectivity index (χ3v) is 2.62. The van der Waals surface area contributed by atoms with Crippen molar-refractivity contribution in [1.82, 2.24) is 0 Å². The lowest BCUT2D eigenvalue weighted by atomic mass is 10.0. The zero-order chi connectivity index (χ0) is 13.8. The first kappa shape index (κ1) is 13.4. The van der Waals surface area contributed by atoms with Gasteiger partial charge in [-0.25, -0.2) is 4.39 Å². The molecule has 19 heavy (non-hydrogen) atoms. The second kappa shape index (κ2) is 5.75. The summed E-state index contributed by atoms with van der Waals surface area (Å²) in [5.41, 5.74) is 0.525. The van der Waals surface area contributed by atoms with Gasteiger partial charge in [0.1, 0.15) is 17.7 Å². The van der Waals surface area contributed by atoms with Crippen molar-refractivity contribution < 1.29 is 23.0 Å². The molecule has 0 aromatic heterocycles. The van der Waals surface area contributed by atoms with Gasteiger partial charge in [0.05, 0.1) is 0 Å². The highest BCUT2D eigenvalue weighted by atomic mass is 19.3. The summed E-state index contributed by atoms with van der Waals surface area (Å²) < 4.78 is 41.6. The van der Waals surface area contributed by atoms with Crippen LogP contribution in [0.15, 0.2) is 48.5 Å². The van der Waals surface area contributed by atoms with E-state index in [4.69, 9.17) is 0 Å². The fourth-order valence-corrected chi connectivity index (χ4v) is 1.71. The average Bonchev–Trinajstić information content (AvgIpc) is 2.39. The van der Waals surface area contributed by atoms with E-state index in [1.165, 1.54) is 42.5 Å². The molecule has 0 radical (unpaired) electrons. The molecule has 0 saturated carbocycles. The van der Waals surface area contributed by atoms with Gasteiger partial charge in [0.2, 0.25) is 0 Å². The standard InChI is InChI=1S/C14H11F3O2/c15-12-4-2-1-3-11(12)13(18)9-5-7-10(8-6-9)19-14(16)17/h1-8,13-14,18H. The number of rotatable bonds is 4. The Morgan fingerprint density at radius 2 is 1.58 bits per heavy atom. The fraction of sp³-hybridized carbons (Fsp3) is 0.143. The summed E-state index contributed by atoms with van der Waals surface area (Å²) in [6, 6.07) is 11.2. The van der Waals surface area contributed by atoms with E-state index in [0.29, 0.717) is 5.56 Å². The molecule has 2 aromatic rings. The second-order valence-corrected chi connectivity index (χ2v) is 3.87. The minimum Gasteiger partial charge on any atom is -0.435 e. The largest absolute Gasteiger partial charge is 0.435 e. The Morgan fingerprint density at radius 1 is 0.947 bits per heavy atom. The van der Waals surface area contributed by atoms with Gasteiger partial charge < -0.3 is 9.84 Å². The summed E-state index contributed by atoms with van der Waals surface area (Å²) >= 11 is 0. The molecule has 1 N–H and O–H groups in total. The molecule has 2 aromatic carbocycles. The van der Waals surface area contributed by atoms with Gasteiger partial charge in [-0.1, -0.05) is 30.3 Å². The predicted octanol–water partition coefficient (Wildman–Crippen LogP) is 3.51. The highest BCUT2D eigenvalue weighted by Crippen LogP contribution is 2.26. The summed E-state index contributed by atoms with van der Waals surface area (Å²) in [6.45, 7) is -2.90. The van der Waals surface area contributed by atoms with Crippen molar-refractivity contribution in [3.8, 4) is 5.75 Å². The number of ether oxygens (including phenoxy) is 1. The van der Waals surface area contributed by atoms with E-state index in [1.54, 1.807) is 6.07 Å². The van der Waals surface area contributed by atoms with E-state index in [0.717, 1.165) is 0 Å². The highest BCUT2D eigenvalue weighted by molar-refractivity contribution is 5.34. The number of aliphatic hydroxyl groups is 1. The Kier molecular flexibility index (Phi) is 4.06. The van der Waals surface area contributed by atoms with Gasteiger partial charge in [0.15, 0.2) is 0 Å². The van der Waals surface area contributed by atoms with Gasteiger partial charge in [0, 0.05) is 5.56 Å². The van der Waals surface area contributed by atoms with Gasteiger partial charge in [-0.05, 0) is 23.8 Å². The normalized spacial score (nSPS) is 12.5. The lowest BCUT2D eigenvalue weighted by Gasteiger charge is -2.13. The van der Waals surface area contributed by atoms with Crippen molar-refractivity contribution in [2.45, 2.75) is 12.7 Å². The van der Waals surface area contributed by atoms with E-state index in [1.807, 2.05) is 0 Å². The van der Waals surface area contributed by atoms with Gasteiger partial charge in [-0.3, -0.25) is 0 Å². The van der Waals surface area contributed by atoms with Crippen molar-refractivity contribution >= 4 is 0 Å². The van der Waals surface area contributed by atoms with E-state index >= 15 is 0 Å². The Balaban J connectivity index is 2.20. The number of hydrogen-bond donors (Lipinski definition) is 1. The van der Waals surface area contributed by atoms with Crippen molar-refractivity contribution in [3.63, 3.8) is 0 Å². The van der Waals surface area contributed by atoms with Crippen LogP contribution in [-0.4, -0.2) is 11.7 Å². The van der Waals surface area contributed by atoms with Crippen LogP contribution in [0.4, 0.5) is 13.2 Å². The summed E-state index contributed by atoms with van der Waals surface area (Å²) in [5, 5.41) is 10.0. The first-order valence-electron chi connectivity index (χ1n) is 5.55. The zero-order valence-corrected chi connectivity index (χ0v) is 9.76. The van der Waals surface area contributed by atoms with Gasteiger partial charge >= 0.3 is 6.61 Å². The smallest absolute Gasteiger partial charge is 0.387 e. The average molecular weight is 268 g/mol. The van der Waals surface area contributed by atoms with Crippen LogP contribution < -0.4 is 4.74 Å². The van der Waals surface area contributed by atoms with Crippen LogP contribution >= 0.6 is 0 Å². The molecule has 0 aliphatic carbocycles. The Hall–Kier alpha value is -2.01. The molecule has 0 amide bonds. The van der Waals surface area contributed by atoms with Crippen molar-refractivity contribution in [2.24, 2.45) is 0 Å². The molecule has 0 saturated heterocycles. The molecule has 1 unspecified atom stereocenters. The van der Waals surface area contributed by atoms with Crippen LogP contribution in [0, 0.1) is 5.82 Å². The molecular weight excluding hydrogens is 257 g/mol. The summed E-state index contributed by atoms with van der Waals surface area (Å²) in [5.74, 6) is -0.539. The number of halogens is 3. The van der Waals surface area contributed by atoms with E-state index < -0.39 is 18.5 Å². The van der Waals surface area contributed by atoms with Crippen molar-refractivity contribution in [1.29, 1.82) is 0 Å². The van der Waals surface area contributed by atoms with E-state index in [2.05, 4.69) is 4.74 Å². The molecule has 0 aliphatic rings. The first-order valence-corrected chi connectivity index (χ1v) is 5.55. The van der Waals surface area contributed by atoms with Crippen molar-refractivity contribution in [3.05, 3.63) is 65.5 Å². The SMILES string of the molecule is OC(c1ccc(OC(F)F)cc1)c1ccccc1F. The molecule has 0 aliphatic heterocycles. The minimum atomic E-state index is -2.90. The molecular formula is C14H11F3O2. The van der Waals surface area contributed by atoms with Crippen molar-refractivity contribution in [2.75, 3.05) is 0 Å². The third kappa shape index (κ3) is 3.26. The quantitative estimate of drug-likeness (QED) is 0.919. The van der Waals surface area contributed by atoms with Crippen LogP contribution in [-0.2, 0) is 0 Å². The maximum Gasteiger partial charge on any atom is 0.387 e. The number of aliphatic hydroxyl groups excluding tert-OH is 1. The fourth-order valence-electron chi connectivity index (χ4n) is 1.71. The summed E-state index contributed by atoms with van der Waals surface area (Å²) in [7, 11) is 0. The van der Waals surface area contributed by atoms with Gasteiger partial charge in [0.25, 0.3) is 0 Å². The topological polar surface area (TPSA) is 29.5 Å². The van der Waals surface area contributed by atoms with Gasteiger partial charge in [-0.15, -0.1) is 0 Å². The maximum atomic E-state index is 13.5.